The van der Waals surface area contributed by atoms with Crippen molar-refractivity contribution >= 4 is 10.9 Å². The molecule has 1 aromatic heterocycles. The molecule has 1 heterocycles. The number of hydrogen-bond donors (Lipinski definition) is 2. The molecule has 0 atom stereocenters. The van der Waals surface area contributed by atoms with E-state index in [9.17, 15) is 0 Å². The minimum atomic E-state index is 0.319. The molecule has 21 heavy (non-hydrogen) atoms. The molecule has 0 aliphatic rings. The van der Waals surface area contributed by atoms with Crippen molar-refractivity contribution in [3.8, 4) is 0 Å². The topological polar surface area (TPSA) is 37.2 Å². The van der Waals surface area contributed by atoms with E-state index < -0.39 is 0 Å². The van der Waals surface area contributed by atoms with Crippen molar-refractivity contribution in [1.29, 1.82) is 0 Å². The van der Waals surface area contributed by atoms with Gasteiger partial charge in [-0.3, -0.25) is 0 Å². The number of nitrogens with one attached hydrogen (secondary N) is 1. The Morgan fingerprint density at radius 1 is 1.10 bits per heavy atom. The van der Waals surface area contributed by atoms with Crippen LogP contribution in [-0.2, 0) is 13.1 Å². The molecule has 0 radical (unpaired) electrons. The standard InChI is InChI=1S/C18H28N2O/c1-15(2)19-14-16-7-8-18-17(13-16)9-11-20(18)10-5-3-4-6-12-21/h7-9,11,13,15,19,21H,3-6,10,12,14H2,1-2H3. The van der Waals surface area contributed by atoms with Crippen LogP contribution in [0, 0.1) is 0 Å². The maximum atomic E-state index is 8.78. The molecule has 2 aromatic rings. The van der Waals surface area contributed by atoms with Gasteiger partial charge in [-0.05, 0) is 42.0 Å². The van der Waals surface area contributed by atoms with Crippen LogP contribution in [0.25, 0.3) is 10.9 Å². The van der Waals surface area contributed by atoms with Crippen LogP contribution in [-0.4, -0.2) is 22.3 Å². The minimum absolute atomic E-state index is 0.319. The van der Waals surface area contributed by atoms with Gasteiger partial charge in [-0.2, -0.15) is 0 Å². The predicted octanol–water partition coefficient (Wildman–Crippen LogP) is 3.69. The molecule has 0 unspecified atom stereocenters. The third-order valence-electron chi connectivity index (χ3n) is 3.86. The zero-order valence-electron chi connectivity index (χ0n) is 13.3. The highest BCUT2D eigenvalue weighted by Gasteiger charge is 2.03. The zero-order valence-corrected chi connectivity index (χ0v) is 13.3. The van der Waals surface area contributed by atoms with Crippen molar-refractivity contribution in [2.45, 2.75) is 58.7 Å². The smallest absolute Gasteiger partial charge is 0.0480 e. The molecule has 3 nitrogen and oxygen atoms in total. The number of unbranched alkanes of at least 4 members (excludes halogenated alkanes) is 3. The van der Waals surface area contributed by atoms with Crippen LogP contribution in [0.5, 0.6) is 0 Å². The van der Waals surface area contributed by atoms with Crippen LogP contribution in [0.3, 0.4) is 0 Å². The van der Waals surface area contributed by atoms with E-state index in [1.807, 2.05) is 0 Å². The molecule has 2 rings (SSSR count). The molecule has 0 bridgehead atoms. The molecule has 3 heteroatoms. The lowest BCUT2D eigenvalue weighted by Crippen LogP contribution is -2.21. The van der Waals surface area contributed by atoms with Gasteiger partial charge in [-0.15, -0.1) is 0 Å². The third kappa shape index (κ3) is 4.87. The second-order valence-corrected chi connectivity index (χ2v) is 6.08. The number of aliphatic hydroxyl groups is 1. The molecule has 0 amide bonds. The van der Waals surface area contributed by atoms with Crippen molar-refractivity contribution in [2.24, 2.45) is 0 Å². The van der Waals surface area contributed by atoms with Gasteiger partial charge in [0.25, 0.3) is 0 Å². The Balaban J connectivity index is 1.93. The Morgan fingerprint density at radius 3 is 2.67 bits per heavy atom. The lowest BCUT2D eigenvalue weighted by atomic mass is 10.1. The van der Waals surface area contributed by atoms with E-state index in [2.05, 4.69) is 54.2 Å². The summed E-state index contributed by atoms with van der Waals surface area (Å²) in [6.45, 7) is 6.66. The van der Waals surface area contributed by atoms with Gasteiger partial charge in [0.05, 0.1) is 0 Å². The van der Waals surface area contributed by atoms with Gasteiger partial charge in [-0.1, -0.05) is 32.8 Å². The van der Waals surface area contributed by atoms with E-state index in [1.165, 1.54) is 29.3 Å². The number of aromatic nitrogens is 1. The van der Waals surface area contributed by atoms with Crippen LogP contribution in [0.15, 0.2) is 30.5 Å². The molecule has 0 saturated carbocycles. The Morgan fingerprint density at radius 2 is 1.90 bits per heavy atom. The van der Waals surface area contributed by atoms with E-state index in [1.54, 1.807) is 0 Å². The molecule has 0 aliphatic heterocycles. The quantitative estimate of drug-likeness (QED) is 0.691. The number of rotatable bonds is 9. The fourth-order valence-corrected chi connectivity index (χ4v) is 2.62. The third-order valence-corrected chi connectivity index (χ3v) is 3.86. The largest absolute Gasteiger partial charge is 0.396 e. The Bertz CT molecular complexity index is 545. The normalized spacial score (nSPS) is 11.6. The molecule has 0 aliphatic carbocycles. The summed E-state index contributed by atoms with van der Waals surface area (Å²) >= 11 is 0. The number of fused-ring (bicyclic) bond motifs is 1. The van der Waals surface area contributed by atoms with E-state index in [0.29, 0.717) is 12.6 Å². The Hall–Kier alpha value is -1.32. The molecule has 1 aromatic carbocycles. The fourth-order valence-electron chi connectivity index (χ4n) is 2.62. The highest BCUT2D eigenvalue weighted by atomic mass is 16.2. The molecule has 116 valence electrons. The monoisotopic (exact) mass is 288 g/mol. The second-order valence-electron chi connectivity index (χ2n) is 6.08. The average Bonchev–Trinajstić information content (AvgIpc) is 2.87. The SMILES string of the molecule is CC(C)NCc1ccc2c(ccn2CCCCCCO)c1. The first-order chi connectivity index (χ1) is 10.2. The predicted molar refractivity (Wildman–Crippen MR) is 89.5 cm³/mol. The summed E-state index contributed by atoms with van der Waals surface area (Å²) in [5, 5.41) is 13.6. The van der Waals surface area contributed by atoms with Gasteiger partial charge in [-0.25, -0.2) is 0 Å². The first-order valence-electron chi connectivity index (χ1n) is 8.12. The number of hydrogen-bond acceptors (Lipinski definition) is 2. The van der Waals surface area contributed by atoms with E-state index >= 15 is 0 Å². The maximum Gasteiger partial charge on any atom is 0.0480 e. The van der Waals surface area contributed by atoms with Crippen molar-refractivity contribution in [1.82, 2.24) is 9.88 Å². The summed E-state index contributed by atoms with van der Waals surface area (Å²) in [5.74, 6) is 0. The maximum absolute atomic E-state index is 8.78. The van der Waals surface area contributed by atoms with Gasteiger partial charge in [0.1, 0.15) is 0 Å². The number of benzene rings is 1. The lowest BCUT2D eigenvalue weighted by Gasteiger charge is -2.09. The van der Waals surface area contributed by atoms with E-state index in [0.717, 1.165) is 25.9 Å². The molecular formula is C18H28N2O. The van der Waals surface area contributed by atoms with Crippen LogP contribution < -0.4 is 5.32 Å². The van der Waals surface area contributed by atoms with Crippen molar-refractivity contribution in [2.75, 3.05) is 6.61 Å². The van der Waals surface area contributed by atoms with Crippen LogP contribution in [0.4, 0.5) is 0 Å². The summed E-state index contributed by atoms with van der Waals surface area (Å²) in [6.07, 6.45) is 6.62. The van der Waals surface area contributed by atoms with Crippen molar-refractivity contribution in [3.05, 3.63) is 36.0 Å². The van der Waals surface area contributed by atoms with Gasteiger partial charge in [0, 0.05) is 37.5 Å². The Labute approximate surface area is 128 Å². The van der Waals surface area contributed by atoms with E-state index in [-0.39, 0.29) is 0 Å². The lowest BCUT2D eigenvalue weighted by molar-refractivity contribution is 0.282. The number of aliphatic hydroxyl groups excluding tert-OH is 1. The second kappa shape index (κ2) is 8.20. The molecule has 2 N–H and O–H groups in total. The fraction of sp³-hybridized carbons (Fsp3) is 0.556. The zero-order chi connectivity index (χ0) is 15.1. The van der Waals surface area contributed by atoms with Crippen molar-refractivity contribution < 1.29 is 5.11 Å². The van der Waals surface area contributed by atoms with Gasteiger partial charge in [0.2, 0.25) is 0 Å². The van der Waals surface area contributed by atoms with E-state index in [4.69, 9.17) is 5.11 Å². The summed E-state index contributed by atoms with van der Waals surface area (Å²) in [5.41, 5.74) is 2.67. The summed E-state index contributed by atoms with van der Waals surface area (Å²) in [4.78, 5) is 0. The number of aryl methyl sites for hydroxylation is 1. The van der Waals surface area contributed by atoms with Crippen LogP contribution in [0.1, 0.15) is 45.1 Å². The highest BCUT2D eigenvalue weighted by Crippen LogP contribution is 2.19. The highest BCUT2D eigenvalue weighted by molar-refractivity contribution is 5.80. The van der Waals surface area contributed by atoms with Gasteiger partial charge < -0.3 is 15.0 Å². The van der Waals surface area contributed by atoms with Gasteiger partial charge in [0.15, 0.2) is 0 Å². The van der Waals surface area contributed by atoms with Crippen LogP contribution in [0.2, 0.25) is 0 Å². The summed E-state index contributed by atoms with van der Waals surface area (Å²) in [6, 6.07) is 9.47. The molecule has 0 saturated heterocycles. The average molecular weight is 288 g/mol. The summed E-state index contributed by atoms with van der Waals surface area (Å²) in [7, 11) is 0. The van der Waals surface area contributed by atoms with Crippen molar-refractivity contribution in [3.63, 3.8) is 0 Å². The molecule has 0 fully saturated rings. The molecule has 0 spiro atoms. The molecular weight excluding hydrogens is 260 g/mol. The Kier molecular flexibility index (Phi) is 6.27. The number of nitrogens with zero attached hydrogens (tertiary/aromatic N) is 1. The summed E-state index contributed by atoms with van der Waals surface area (Å²) < 4.78 is 2.34. The first-order valence-corrected chi connectivity index (χ1v) is 8.12. The minimum Gasteiger partial charge on any atom is -0.396 e. The van der Waals surface area contributed by atoms with Crippen LogP contribution >= 0.6 is 0 Å². The van der Waals surface area contributed by atoms with Gasteiger partial charge >= 0.3 is 0 Å². The first kappa shape index (κ1) is 16.1.